The minimum absolute atomic E-state index is 0.0288. The molecule has 6 rings (SSSR count). The Hall–Kier alpha value is -3.43. The molecule has 0 saturated carbocycles. The van der Waals surface area contributed by atoms with Crippen LogP contribution in [-0.4, -0.2) is 4.98 Å². The third kappa shape index (κ3) is 4.26. The molecule has 2 nitrogen and oxygen atoms in total. The van der Waals surface area contributed by atoms with Crippen molar-refractivity contribution >= 4 is 43.2 Å². The van der Waals surface area contributed by atoms with Crippen LogP contribution in [0.2, 0.25) is 0 Å². The number of fused-ring (bicyclic) bond motifs is 3. The van der Waals surface area contributed by atoms with Crippen LogP contribution in [0.25, 0.3) is 53.7 Å². The van der Waals surface area contributed by atoms with Crippen molar-refractivity contribution in [3.05, 3.63) is 89.6 Å². The molecular formula is C34H33NOS. The van der Waals surface area contributed by atoms with Crippen LogP contribution in [0.15, 0.2) is 77.3 Å². The predicted octanol–water partition coefficient (Wildman–Crippen LogP) is 10.3. The number of thiophene rings is 1. The van der Waals surface area contributed by atoms with Crippen molar-refractivity contribution < 1.29 is 4.42 Å². The number of hydrogen-bond acceptors (Lipinski definition) is 3. The van der Waals surface area contributed by atoms with E-state index in [4.69, 9.17) is 9.40 Å². The van der Waals surface area contributed by atoms with E-state index in [1.165, 1.54) is 53.4 Å². The molecule has 0 radical (unpaired) electrons. The fourth-order valence-electron chi connectivity index (χ4n) is 5.52. The molecule has 3 aromatic carbocycles. The molecule has 0 aliphatic rings. The topological polar surface area (TPSA) is 26.0 Å². The SMILES string of the molecule is Cc1c(-c2cc3cc(CC(C)C)ccc3o2)sc2ccnc(-c3cc(C(C)(C)C)c4ccccc4c3)c12. The van der Waals surface area contributed by atoms with Crippen molar-refractivity contribution in [1.82, 2.24) is 4.98 Å². The van der Waals surface area contributed by atoms with E-state index >= 15 is 0 Å². The van der Waals surface area contributed by atoms with Crippen LogP contribution in [0.1, 0.15) is 51.3 Å². The third-order valence-electron chi connectivity index (χ3n) is 7.23. The number of hydrogen-bond donors (Lipinski definition) is 0. The Morgan fingerprint density at radius 3 is 2.51 bits per heavy atom. The Kier molecular flexibility index (Phi) is 5.72. The second kappa shape index (κ2) is 8.85. The van der Waals surface area contributed by atoms with Gasteiger partial charge in [-0.1, -0.05) is 65.0 Å². The highest BCUT2D eigenvalue weighted by Crippen LogP contribution is 2.44. The molecule has 0 aliphatic carbocycles. The molecule has 3 heteroatoms. The average Bonchev–Trinajstić information content (AvgIpc) is 3.43. The van der Waals surface area contributed by atoms with Gasteiger partial charge in [0, 0.05) is 27.2 Å². The summed E-state index contributed by atoms with van der Waals surface area (Å²) in [5.74, 6) is 1.57. The number of rotatable bonds is 4. The van der Waals surface area contributed by atoms with Crippen molar-refractivity contribution in [3.8, 4) is 21.9 Å². The van der Waals surface area contributed by atoms with Crippen molar-refractivity contribution in [2.75, 3.05) is 0 Å². The summed E-state index contributed by atoms with van der Waals surface area (Å²) in [5.41, 5.74) is 7.13. The zero-order valence-corrected chi connectivity index (χ0v) is 23.3. The zero-order chi connectivity index (χ0) is 25.9. The molecule has 0 spiro atoms. The van der Waals surface area contributed by atoms with E-state index in [0.29, 0.717) is 5.92 Å². The highest BCUT2D eigenvalue weighted by Gasteiger charge is 2.22. The number of pyridine rings is 1. The van der Waals surface area contributed by atoms with Crippen LogP contribution in [0.4, 0.5) is 0 Å². The smallest absolute Gasteiger partial charge is 0.145 e. The summed E-state index contributed by atoms with van der Waals surface area (Å²) >= 11 is 1.80. The fourth-order valence-corrected chi connectivity index (χ4v) is 6.67. The van der Waals surface area contributed by atoms with Crippen LogP contribution in [0.3, 0.4) is 0 Å². The zero-order valence-electron chi connectivity index (χ0n) is 22.5. The second-order valence-electron chi connectivity index (χ2n) is 11.7. The molecule has 0 unspecified atom stereocenters. The van der Waals surface area contributed by atoms with E-state index in [1.807, 2.05) is 6.20 Å². The number of nitrogens with zero attached hydrogens (tertiary/aromatic N) is 1. The molecule has 0 saturated heterocycles. The van der Waals surface area contributed by atoms with Crippen LogP contribution >= 0.6 is 11.3 Å². The van der Waals surface area contributed by atoms with E-state index in [-0.39, 0.29) is 5.41 Å². The van der Waals surface area contributed by atoms with Crippen molar-refractivity contribution in [1.29, 1.82) is 0 Å². The summed E-state index contributed by atoms with van der Waals surface area (Å²) in [6.07, 6.45) is 3.02. The van der Waals surface area contributed by atoms with Gasteiger partial charge in [0.2, 0.25) is 0 Å². The maximum atomic E-state index is 6.38. The van der Waals surface area contributed by atoms with Gasteiger partial charge in [-0.2, -0.15) is 0 Å². The van der Waals surface area contributed by atoms with E-state index < -0.39 is 0 Å². The molecule has 0 bridgehead atoms. The minimum Gasteiger partial charge on any atom is -0.455 e. The van der Waals surface area contributed by atoms with Gasteiger partial charge in [-0.15, -0.1) is 11.3 Å². The second-order valence-corrected chi connectivity index (χ2v) is 12.7. The number of aromatic nitrogens is 1. The third-order valence-corrected chi connectivity index (χ3v) is 8.50. The van der Waals surface area contributed by atoms with Crippen molar-refractivity contribution in [3.63, 3.8) is 0 Å². The molecule has 0 N–H and O–H groups in total. The first kappa shape index (κ1) is 23.9. The number of benzene rings is 3. The summed E-state index contributed by atoms with van der Waals surface area (Å²) in [7, 11) is 0. The lowest BCUT2D eigenvalue weighted by Crippen LogP contribution is -2.12. The van der Waals surface area contributed by atoms with Gasteiger partial charge in [-0.3, -0.25) is 4.98 Å². The first-order valence-corrected chi connectivity index (χ1v) is 14.0. The van der Waals surface area contributed by atoms with Gasteiger partial charge in [-0.05, 0) is 88.5 Å². The average molecular weight is 504 g/mol. The summed E-state index contributed by atoms with van der Waals surface area (Å²) in [4.78, 5) is 6.12. The molecular weight excluding hydrogens is 470 g/mol. The highest BCUT2D eigenvalue weighted by molar-refractivity contribution is 7.22. The first-order chi connectivity index (χ1) is 17.7. The van der Waals surface area contributed by atoms with Crippen LogP contribution < -0.4 is 0 Å². The molecule has 3 aromatic heterocycles. The van der Waals surface area contributed by atoms with E-state index in [1.54, 1.807) is 11.3 Å². The minimum atomic E-state index is 0.0288. The lowest BCUT2D eigenvalue weighted by molar-refractivity contribution is 0.596. The molecule has 0 atom stereocenters. The molecule has 0 amide bonds. The maximum absolute atomic E-state index is 6.38. The normalized spacial score (nSPS) is 12.4. The van der Waals surface area contributed by atoms with Gasteiger partial charge in [0.05, 0.1) is 10.6 Å². The largest absolute Gasteiger partial charge is 0.455 e. The summed E-state index contributed by atoms with van der Waals surface area (Å²) in [6.45, 7) is 13.6. The lowest BCUT2D eigenvalue weighted by Gasteiger charge is -2.23. The summed E-state index contributed by atoms with van der Waals surface area (Å²) < 4.78 is 7.62. The predicted molar refractivity (Wildman–Crippen MR) is 160 cm³/mol. The number of aryl methyl sites for hydroxylation is 1. The van der Waals surface area contributed by atoms with Crippen LogP contribution in [0, 0.1) is 12.8 Å². The molecule has 6 aromatic rings. The maximum Gasteiger partial charge on any atom is 0.145 e. The Bertz CT molecular complexity index is 1780. The van der Waals surface area contributed by atoms with E-state index in [9.17, 15) is 0 Å². The standard InChI is InChI=1S/C34H33NOS/c1-20(2)15-22-11-12-28-24(16-22)19-29(36-28)33-21(3)31-30(37-33)13-14-35-32(31)25-17-23-9-7-8-10-26(23)27(18-25)34(4,5)6/h7-14,16-20H,15H2,1-6H3. The Morgan fingerprint density at radius 1 is 0.919 bits per heavy atom. The number of furan rings is 1. The first-order valence-electron chi connectivity index (χ1n) is 13.1. The summed E-state index contributed by atoms with van der Waals surface area (Å²) in [6, 6.07) is 24.3. The monoisotopic (exact) mass is 503 g/mol. The van der Waals surface area contributed by atoms with E-state index in [2.05, 4.69) is 108 Å². The van der Waals surface area contributed by atoms with Gasteiger partial charge < -0.3 is 4.42 Å². The fraction of sp³-hybridized carbons (Fsp3) is 0.265. The van der Waals surface area contributed by atoms with Crippen LogP contribution in [0.5, 0.6) is 0 Å². The highest BCUT2D eigenvalue weighted by atomic mass is 32.1. The van der Waals surface area contributed by atoms with Crippen LogP contribution in [-0.2, 0) is 11.8 Å². The van der Waals surface area contributed by atoms with E-state index in [0.717, 1.165) is 23.5 Å². The van der Waals surface area contributed by atoms with Crippen molar-refractivity contribution in [2.45, 2.75) is 53.4 Å². The van der Waals surface area contributed by atoms with Gasteiger partial charge in [0.25, 0.3) is 0 Å². The quantitative estimate of drug-likeness (QED) is 0.239. The molecule has 0 fully saturated rings. The van der Waals surface area contributed by atoms with Gasteiger partial charge in [0.1, 0.15) is 11.3 Å². The molecule has 37 heavy (non-hydrogen) atoms. The Labute approximate surface area is 223 Å². The van der Waals surface area contributed by atoms with Gasteiger partial charge >= 0.3 is 0 Å². The molecule has 0 aliphatic heterocycles. The summed E-state index contributed by atoms with van der Waals surface area (Å²) in [5, 5.41) is 4.96. The Balaban J connectivity index is 1.52. The molecule has 186 valence electrons. The molecule has 3 heterocycles. The van der Waals surface area contributed by atoms with Crippen molar-refractivity contribution in [2.24, 2.45) is 5.92 Å². The van der Waals surface area contributed by atoms with Gasteiger partial charge in [0.15, 0.2) is 0 Å². The lowest BCUT2D eigenvalue weighted by atomic mass is 9.82. The van der Waals surface area contributed by atoms with Gasteiger partial charge in [-0.25, -0.2) is 0 Å². The Morgan fingerprint density at radius 2 is 1.73 bits per heavy atom.